The topological polar surface area (TPSA) is 63.4 Å². The first kappa shape index (κ1) is 15.0. The van der Waals surface area contributed by atoms with Crippen molar-refractivity contribution in [3.63, 3.8) is 0 Å². The van der Waals surface area contributed by atoms with Crippen molar-refractivity contribution < 1.29 is 8.42 Å². The van der Waals surface area contributed by atoms with E-state index in [-0.39, 0.29) is 6.04 Å². The largest absolute Gasteiger partial charge is 0.326 e. The molecule has 0 bridgehead atoms. The summed E-state index contributed by atoms with van der Waals surface area (Å²) in [5.74, 6) is 0.432. The summed E-state index contributed by atoms with van der Waals surface area (Å²) < 4.78 is 26.8. The Balaban J connectivity index is 2.23. The average molecular weight is 302 g/mol. The lowest BCUT2D eigenvalue weighted by Gasteiger charge is -2.35. The number of hydrogen-bond acceptors (Lipinski definition) is 4. The average Bonchev–Trinajstić information content (AvgIpc) is 2.88. The second-order valence-electron chi connectivity index (χ2n) is 5.30. The summed E-state index contributed by atoms with van der Waals surface area (Å²) in [6.45, 7) is 2.54. The molecule has 0 saturated heterocycles. The van der Waals surface area contributed by atoms with E-state index in [1.807, 2.05) is 0 Å². The van der Waals surface area contributed by atoms with Gasteiger partial charge < -0.3 is 5.73 Å². The zero-order chi connectivity index (χ0) is 14.0. The van der Waals surface area contributed by atoms with E-state index in [2.05, 4.69) is 6.92 Å². The predicted octanol–water partition coefficient (Wildman–Crippen LogP) is 2.41. The Kier molecular flexibility index (Phi) is 4.66. The fourth-order valence-electron chi connectivity index (χ4n) is 2.78. The monoisotopic (exact) mass is 302 g/mol. The van der Waals surface area contributed by atoms with Crippen molar-refractivity contribution in [2.45, 2.75) is 50.1 Å². The molecule has 0 amide bonds. The number of thiophene rings is 1. The minimum Gasteiger partial charge on any atom is -0.326 e. The standard InChI is InChI=1S/C13H22N2O2S2/c1-10-5-3-4-6-13(10)15(2)19(16,17)12-7-11(8-14)18-9-12/h7,9-10,13H,3-6,8,14H2,1-2H3. The van der Waals surface area contributed by atoms with E-state index in [4.69, 9.17) is 5.73 Å². The van der Waals surface area contributed by atoms with Crippen LogP contribution in [-0.4, -0.2) is 25.8 Å². The van der Waals surface area contributed by atoms with E-state index in [0.717, 1.165) is 24.1 Å². The molecule has 0 aromatic carbocycles. The molecule has 1 heterocycles. The first-order valence-electron chi connectivity index (χ1n) is 6.72. The molecule has 2 unspecified atom stereocenters. The SMILES string of the molecule is CC1CCCCC1N(C)S(=O)(=O)c1csc(CN)c1. The van der Waals surface area contributed by atoms with Gasteiger partial charge in [0.05, 0.1) is 4.90 Å². The lowest BCUT2D eigenvalue weighted by Crippen LogP contribution is -2.42. The van der Waals surface area contributed by atoms with E-state index < -0.39 is 10.0 Å². The van der Waals surface area contributed by atoms with Crippen LogP contribution in [0.3, 0.4) is 0 Å². The Morgan fingerprint density at radius 2 is 2.11 bits per heavy atom. The van der Waals surface area contributed by atoms with Crippen LogP contribution in [0, 0.1) is 5.92 Å². The molecule has 2 rings (SSSR count). The van der Waals surface area contributed by atoms with Crippen molar-refractivity contribution in [1.82, 2.24) is 4.31 Å². The minimum absolute atomic E-state index is 0.125. The summed E-state index contributed by atoms with van der Waals surface area (Å²) in [4.78, 5) is 1.29. The van der Waals surface area contributed by atoms with Crippen LogP contribution in [0.4, 0.5) is 0 Å². The molecule has 1 fully saturated rings. The van der Waals surface area contributed by atoms with E-state index in [1.54, 1.807) is 22.8 Å². The fraction of sp³-hybridized carbons (Fsp3) is 0.692. The van der Waals surface area contributed by atoms with Gasteiger partial charge in [-0.25, -0.2) is 8.42 Å². The van der Waals surface area contributed by atoms with Crippen LogP contribution < -0.4 is 5.73 Å². The molecule has 1 aromatic rings. The molecule has 4 nitrogen and oxygen atoms in total. The lowest BCUT2D eigenvalue weighted by molar-refractivity contribution is 0.213. The van der Waals surface area contributed by atoms with Gasteiger partial charge in [0.2, 0.25) is 10.0 Å². The van der Waals surface area contributed by atoms with E-state index in [1.165, 1.54) is 17.8 Å². The van der Waals surface area contributed by atoms with Crippen LogP contribution in [-0.2, 0) is 16.6 Å². The molecule has 0 radical (unpaired) electrons. The molecule has 1 saturated carbocycles. The van der Waals surface area contributed by atoms with E-state index in [9.17, 15) is 8.42 Å². The third kappa shape index (κ3) is 3.02. The van der Waals surface area contributed by atoms with Gasteiger partial charge in [-0.3, -0.25) is 0 Å². The second-order valence-corrected chi connectivity index (χ2v) is 8.30. The maximum absolute atomic E-state index is 12.6. The van der Waals surface area contributed by atoms with Crippen LogP contribution in [0.5, 0.6) is 0 Å². The summed E-state index contributed by atoms with van der Waals surface area (Å²) in [7, 11) is -1.66. The molecule has 2 N–H and O–H groups in total. The molecule has 0 spiro atoms. The highest BCUT2D eigenvalue weighted by molar-refractivity contribution is 7.89. The highest BCUT2D eigenvalue weighted by Crippen LogP contribution is 2.31. The number of nitrogens with two attached hydrogens (primary N) is 1. The minimum atomic E-state index is -3.37. The molecule has 1 aliphatic rings. The van der Waals surface area contributed by atoms with Crippen LogP contribution in [0.2, 0.25) is 0 Å². The van der Waals surface area contributed by atoms with E-state index >= 15 is 0 Å². The van der Waals surface area contributed by atoms with Gasteiger partial charge in [-0.05, 0) is 24.8 Å². The van der Waals surface area contributed by atoms with Crippen molar-refractivity contribution in [3.8, 4) is 0 Å². The van der Waals surface area contributed by atoms with Crippen LogP contribution in [0.25, 0.3) is 0 Å². The Morgan fingerprint density at radius 1 is 1.42 bits per heavy atom. The number of hydrogen-bond donors (Lipinski definition) is 1. The van der Waals surface area contributed by atoms with Crippen molar-refractivity contribution in [2.24, 2.45) is 11.7 Å². The quantitative estimate of drug-likeness (QED) is 0.929. The molecular formula is C13H22N2O2S2. The molecule has 1 aromatic heterocycles. The van der Waals surface area contributed by atoms with Crippen molar-refractivity contribution in [3.05, 3.63) is 16.3 Å². The highest BCUT2D eigenvalue weighted by Gasteiger charge is 2.33. The van der Waals surface area contributed by atoms with Gasteiger partial charge in [0.15, 0.2) is 0 Å². The number of nitrogens with zero attached hydrogens (tertiary/aromatic N) is 1. The summed E-state index contributed by atoms with van der Waals surface area (Å²) in [5, 5.41) is 1.70. The Hall–Kier alpha value is -0.430. The Morgan fingerprint density at radius 3 is 2.68 bits per heavy atom. The van der Waals surface area contributed by atoms with Crippen molar-refractivity contribution in [1.29, 1.82) is 0 Å². The first-order valence-corrected chi connectivity index (χ1v) is 9.04. The van der Waals surface area contributed by atoms with Gasteiger partial charge in [-0.15, -0.1) is 11.3 Å². The molecule has 0 aliphatic heterocycles. The van der Waals surface area contributed by atoms with E-state index in [0.29, 0.717) is 17.4 Å². The Labute approximate surface area is 119 Å². The van der Waals surface area contributed by atoms with Gasteiger partial charge in [0, 0.05) is 29.9 Å². The van der Waals surface area contributed by atoms with Gasteiger partial charge in [0.1, 0.15) is 0 Å². The molecule has 19 heavy (non-hydrogen) atoms. The van der Waals surface area contributed by atoms with Gasteiger partial charge in [0.25, 0.3) is 0 Å². The van der Waals surface area contributed by atoms with Gasteiger partial charge in [-0.1, -0.05) is 19.8 Å². The number of sulfonamides is 1. The van der Waals surface area contributed by atoms with Crippen LogP contribution in [0.1, 0.15) is 37.5 Å². The van der Waals surface area contributed by atoms with Gasteiger partial charge >= 0.3 is 0 Å². The molecule has 6 heteroatoms. The normalized spacial score (nSPS) is 24.8. The maximum atomic E-state index is 12.6. The highest BCUT2D eigenvalue weighted by atomic mass is 32.2. The number of rotatable bonds is 4. The third-order valence-electron chi connectivity index (χ3n) is 4.04. The van der Waals surface area contributed by atoms with Crippen LogP contribution in [0.15, 0.2) is 16.3 Å². The summed E-state index contributed by atoms with van der Waals surface area (Å²) in [6.07, 6.45) is 4.40. The van der Waals surface area contributed by atoms with Crippen LogP contribution >= 0.6 is 11.3 Å². The molecule has 2 atom stereocenters. The predicted molar refractivity (Wildman–Crippen MR) is 78.6 cm³/mol. The summed E-state index contributed by atoms with van der Waals surface area (Å²) >= 11 is 1.41. The fourth-order valence-corrected chi connectivity index (χ4v) is 5.41. The Bertz CT molecular complexity index is 525. The van der Waals surface area contributed by atoms with Crippen molar-refractivity contribution in [2.75, 3.05) is 7.05 Å². The smallest absolute Gasteiger partial charge is 0.243 e. The zero-order valence-electron chi connectivity index (χ0n) is 11.5. The lowest BCUT2D eigenvalue weighted by atomic mass is 9.86. The van der Waals surface area contributed by atoms with Crippen molar-refractivity contribution >= 4 is 21.4 Å². The molecule has 1 aliphatic carbocycles. The summed E-state index contributed by atoms with van der Waals surface area (Å²) in [5.41, 5.74) is 5.55. The first-order chi connectivity index (χ1) is 8.96. The molecular weight excluding hydrogens is 280 g/mol. The maximum Gasteiger partial charge on any atom is 0.243 e. The zero-order valence-corrected chi connectivity index (χ0v) is 13.1. The van der Waals surface area contributed by atoms with Gasteiger partial charge in [-0.2, -0.15) is 4.31 Å². The molecule has 108 valence electrons. The third-order valence-corrected chi connectivity index (χ3v) is 7.01. The second kappa shape index (κ2) is 5.91. The summed E-state index contributed by atoms with van der Waals surface area (Å²) in [6, 6.07) is 1.82.